The molecule has 0 heterocycles. The van der Waals surface area contributed by atoms with E-state index in [0.717, 1.165) is 32.1 Å². The second kappa shape index (κ2) is 6.69. The molecule has 1 nitrogen and oxygen atoms in total. The molecule has 0 radical (unpaired) electrons. The quantitative estimate of drug-likeness (QED) is 0.301. The third kappa shape index (κ3) is 2.79. The van der Waals surface area contributed by atoms with E-state index in [0.29, 0.717) is 0 Å². The zero-order valence-corrected chi connectivity index (χ0v) is 13.1. The highest BCUT2D eigenvalue weighted by Crippen LogP contribution is 2.37. The Morgan fingerprint density at radius 3 is 1.80 bits per heavy atom. The Hall–Kier alpha value is -2.05. The van der Waals surface area contributed by atoms with Crippen LogP contribution in [0, 0.1) is 40.8 Å². The topological polar surface area (TPSA) is 17.1 Å². The fourth-order valence-corrected chi connectivity index (χ4v) is 3.61. The van der Waals surface area contributed by atoms with Gasteiger partial charge in [0.1, 0.15) is 0 Å². The van der Waals surface area contributed by atoms with Gasteiger partial charge in [0.05, 0.1) is 5.39 Å². The van der Waals surface area contributed by atoms with Crippen LogP contribution in [0.1, 0.15) is 48.0 Å². The molecule has 1 saturated carbocycles. The van der Waals surface area contributed by atoms with E-state index in [1.807, 2.05) is 0 Å². The first-order chi connectivity index (χ1) is 11.9. The van der Waals surface area contributed by atoms with Gasteiger partial charge in [-0.2, -0.15) is 0 Å². The van der Waals surface area contributed by atoms with E-state index in [2.05, 4.69) is 0 Å². The molecule has 2 aromatic rings. The first-order valence-corrected chi connectivity index (χ1v) is 7.99. The van der Waals surface area contributed by atoms with Crippen LogP contribution in [0.25, 0.3) is 10.8 Å². The Bertz CT molecular complexity index is 855. The van der Waals surface area contributed by atoms with E-state index < -0.39 is 56.8 Å². The van der Waals surface area contributed by atoms with Crippen LogP contribution < -0.4 is 0 Å². The van der Waals surface area contributed by atoms with Gasteiger partial charge < -0.3 is 0 Å². The van der Waals surface area contributed by atoms with Crippen LogP contribution in [0.2, 0.25) is 0 Å². The third-order valence-corrected chi connectivity index (χ3v) is 4.87. The van der Waals surface area contributed by atoms with E-state index in [4.69, 9.17) is 0 Å². The minimum absolute atomic E-state index is 0.0306. The summed E-state index contributed by atoms with van der Waals surface area (Å²) in [6.07, 6.45) is 4.23. The number of fused-ring (bicyclic) bond motifs is 1. The van der Waals surface area contributed by atoms with Crippen molar-refractivity contribution in [2.24, 2.45) is 5.92 Å². The summed E-state index contributed by atoms with van der Waals surface area (Å²) in [5, 5.41) is -2.44. The van der Waals surface area contributed by atoms with E-state index in [1.54, 1.807) is 0 Å². The number of carbonyl (C=O) groups excluding carboxylic acids is 1. The maximum atomic E-state index is 14.4. The van der Waals surface area contributed by atoms with Crippen molar-refractivity contribution in [1.82, 2.24) is 0 Å². The van der Waals surface area contributed by atoms with Crippen LogP contribution in [0.5, 0.6) is 0 Å². The van der Waals surface area contributed by atoms with Gasteiger partial charge in [0.25, 0.3) is 0 Å². The number of benzene rings is 2. The lowest BCUT2D eigenvalue weighted by atomic mass is 9.82. The van der Waals surface area contributed by atoms with Crippen LogP contribution in [0.3, 0.4) is 0 Å². The summed E-state index contributed by atoms with van der Waals surface area (Å²) in [7, 11) is 0. The van der Waals surface area contributed by atoms with E-state index >= 15 is 0 Å². The third-order valence-electron chi connectivity index (χ3n) is 4.87. The molecule has 0 amide bonds. The molecular formula is C18H14F6O. The van der Waals surface area contributed by atoms with Crippen molar-refractivity contribution < 1.29 is 31.1 Å². The fraction of sp³-hybridized carbons (Fsp3) is 0.389. The second-order valence-corrected chi connectivity index (χ2v) is 6.35. The maximum absolute atomic E-state index is 14.4. The molecule has 0 unspecified atom stereocenters. The fourth-order valence-electron chi connectivity index (χ4n) is 3.61. The standard InChI is InChI=1S/C18H14F6O/c19-13-9(6-8-4-2-1-3-5-8)10(7-25)11-12(15(13)21)16(22)18(24)17(23)14(11)20/h7-8H,1-6H2. The summed E-state index contributed by atoms with van der Waals surface area (Å²) in [6.45, 7) is 0. The molecule has 1 fully saturated rings. The van der Waals surface area contributed by atoms with Crippen LogP contribution in [-0.4, -0.2) is 6.29 Å². The van der Waals surface area contributed by atoms with E-state index in [9.17, 15) is 31.1 Å². The van der Waals surface area contributed by atoms with Gasteiger partial charge in [0.2, 0.25) is 0 Å². The molecule has 0 N–H and O–H groups in total. The summed E-state index contributed by atoms with van der Waals surface area (Å²) >= 11 is 0. The zero-order valence-electron chi connectivity index (χ0n) is 13.1. The number of rotatable bonds is 3. The van der Waals surface area contributed by atoms with Gasteiger partial charge in [-0.1, -0.05) is 32.1 Å². The number of hydrogen-bond donors (Lipinski definition) is 0. The second-order valence-electron chi connectivity index (χ2n) is 6.35. The number of carbonyl (C=O) groups is 1. The molecular weight excluding hydrogens is 346 g/mol. The molecule has 134 valence electrons. The molecule has 2 aromatic carbocycles. The SMILES string of the molecule is O=Cc1c(CC2CCCCC2)c(F)c(F)c2c(F)c(F)c(F)c(F)c12. The van der Waals surface area contributed by atoms with Gasteiger partial charge >= 0.3 is 0 Å². The number of hydrogen-bond acceptors (Lipinski definition) is 1. The highest BCUT2D eigenvalue weighted by Gasteiger charge is 2.30. The van der Waals surface area contributed by atoms with Crippen molar-refractivity contribution in [3.8, 4) is 0 Å². The van der Waals surface area contributed by atoms with Gasteiger partial charge in [0.15, 0.2) is 41.2 Å². The van der Waals surface area contributed by atoms with Crippen LogP contribution in [0.15, 0.2) is 0 Å². The van der Waals surface area contributed by atoms with Crippen LogP contribution >= 0.6 is 0 Å². The summed E-state index contributed by atoms with van der Waals surface area (Å²) in [4.78, 5) is 11.4. The number of halogens is 6. The molecule has 0 aliphatic heterocycles. The monoisotopic (exact) mass is 360 g/mol. The van der Waals surface area contributed by atoms with Gasteiger partial charge in [-0.05, 0) is 12.3 Å². The Morgan fingerprint density at radius 1 is 0.720 bits per heavy atom. The molecule has 3 rings (SSSR count). The van der Waals surface area contributed by atoms with Crippen molar-refractivity contribution in [2.75, 3.05) is 0 Å². The van der Waals surface area contributed by atoms with Crippen molar-refractivity contribution in [2.45, 2.75) is 38.5 Å². The minimum atomic E-state index is -2.25. The highest BCUT2D eigenvalue weighted by atomic mass is 19.2. The normalized spacial score (nSPS) is 15.8. The summed E-state index contributed by atoms with van der Waals surface area (Å²) < 4.78 is 83.7. The molecule has 0 bridgehead atoms. The van der Waals surface area contributed by atoms with Gasteiger partial charge in [-0.25, -0.2) is 26.3 Å². The van der Waals surface area contributed by atoms with Gasteiger partial charge in [-0.3, -0.25) is 4.79 Å². The average molecular weight is 360 g/mol. The molecule has 0 atom stereocenters. The van der Waals surface area contributed by atoms with Crippen molar-refractivity contribution in [1.29, 1.82) is 0 Å². The van der Waals surface area contributed by atoms with Gasteiger partial charge in [-0.15, -0.1) is 0 Å². The molecule has 0 saturated heterocycles. The lowest BCUT2D eigenvalue weighted by Gasteiger charge is -2.23. The van der Waals surface area contributed by atoms with Crippen molar-refractivity contribution in [3.63, 3.8) is 0 Å². The molecule has 1 aliphatic rings. The molecule has 25 heavy (non-hydrogen) atoms. The summed E-state index contributed by atoms with van der Waals surface area (Å²) in [6, 6.07) is 0. The summed E-state index contributed by atoms with van der Waals surface area (Å²) in [5.41, 5.74) is -1.09. The Labute approximate surface area is 139 Å². The lowest BCUT2D eigenvalue weighted by molar-refractivity contribution is 0.112. The first kappa shape index (κ1) is 17.8. The highest BCUT2D eigenvalue weighted by molar-refractivity contribution is 6.00. The van der Waals surface area contributed by atoms with Crippen LogP contribution in [0.4, 0.5) is 26.3 Å². The molecule has 7 heteroatoms. The largest absolute Gasteiger partial charge is 0.298 e. The Kier molecular flexibility index (Phi) is 4.75. The smallest absolute Gasteiger partial charge is 0.198 e. The van der Waals surface area contributed by atoms with E-state index in [1.165, 1.54) is 0 Å². The Morgan fingerprint density at radius 2 is 1.24 bits per heavy atom. The minimum Gasteiger partial charge on any atom is -0.298 e. The molecule has 1 aliphatic carbocycles. The zero-order chi connectivity index (χ0) is 18.3. The number of aldehydes is 1. The predicted molar refractivity (Wildman–Crippen MR) is 79.4 cm³/mol. The van der Waals surface area contributed by atoms with E-state index in [-0.39, 0.29) is 18.6 Å². The first-order valence-electron chi connectivity index (χ1n) is 7.99. The van der Waals surface area contributed by atoms with Crippen molar-refractivity contribution >= 4 is 17.1 Å². The molecule has 0 spiro atoms. The molecule has 0 aromatic heterocycles. The lowest BCUT2D eigenvalue weighted by Crippen LogP contribution is -2.14. The summed E-state index contributed by atoms with van der Waals surface area (Å²) in [5.74, 6) is -11.8. The van der Waals surface area contributed by atoms with Crippen LogP contribution in [-0.2, 0) is 6.42 Å². The van der Waals surface area contributed by atoms with Crippen molar-refractivity contribution in [3.05, 3.63) is 46.0 Å². The predicted octanol–water partition coefficient (Wildman–Crippen LogP) is 5.61. The average Bonchev–Trinajstić information content (AvgIpc) is 2.62. The maximum Gasteiger partial charge on any atom is 0.198 e. The Balaban J connectivity index is 2.31. The van der Waals surface area contributed by atoms with Gasteiger partial charge in [0, 0.05) is 16.5 Å².